The quantitative estimate of drug-likeness (QED) is 0.897. The van der Waals surface area contributed by atoms with Crippen molar-refractivity contribution in [2.24, 2.45) is 5.92 Å². The molecular weight excluding hydrogens is 282 g/mol. The molecule has 0 heterocycles. The number of carbonyl (C=O) groups is 1. The highest BCUT2D eigenvalue weighted by Crippen LogP contribution is 2.19. The third-order valence-electron chi connectivity index (χ3n) is 2.83. The van der Waals surface area contributed by atoms with Crippen molar-refractivity contribution in [3.8, 4) is 0 Å². The Morgan fingerprint density at radius 2 is 2.12 bits per heavy atom. The topological polar surface area (TPSA) is 49.3 Å². The summed E-state index contributed by atoms with van der Waals surface area (Å²) in [6.07, 6.45) is 0. The van der Waals surface area contributed by atoms with Gasteiger partial charge in [-0.2, -0.15) is 0 Å². The minimum absolute atomic E-state index is 0.0452. The number of aliphatic hydroxyl groups excluding tert-OH is 1. The van der Waals surface area contributed by atoms with Crippen LogP contribution in [0.25, 0.3) is 0 Å². The fourth-order valence-electron chi connectivity index (χ4n) is 1.52. The standard InChI is InChI=1S/C13H18BrNO2/c1-8(2)12(7-16)15-13(17)10-5-4-6-11(14)9(10)3/h4-6,8,12,16H,7H2,1-3H3,(H,15,17)/t12-/m1/s1. The van der Waals surface area contributed by atoms with E-state index >= 15 is 0 Å². The highest BCUT2D eigenvalue weighted by atomic mass is 79.9. The number of benzene rings is 1. The lowest BCUT2D eigenvalue weighted by molar-refractivity contribution is 0.0896. The number of amides is 1. The van der Waals surface area contributed by atoms with Gasteiger partial charge in [0.1, 0.15) is 0 Å². The van der Waals surface area contributed by atoms with Gasteiger partial charge < -0.3 is 10.4 Å². The Morgan fingerprint density at radius 1 is 1.47 bits per heavy atom. The highest BCUT2D eigenvalue weighted by molar-refractivity contribution is 9.10. The van der Waals surface area contributed by atoms with Gasteiger partial charge in [0, 0.05) is 10.0 Å². The lowest BCUT2D eigenvalue weighted by atomic mass is 10.0. The zero-order valence-electron chi connectivity index (χ0n) is 10.3. The van der Waals surface area contributed by atoms with Gasteiger partial charge in [-0.05, 0) is 30.5 Å². The highest BCUT2D eigenvalue weighted by Gasteiger charge is 2.17. The summed E-state index contributed by atoms with van der Waals surface area (Å²) in [5.41, 5.74) is 1.55. The predicted octanol–water partition coefficient (Wildman–Crippen LogP) is 2.50. The smallest absolute Gasteiger partial charge is 0.251 e. The Bertz CT molecular complexity index is 404. The van der Waals surface area contributed by atoms with Crippen LogP contribution in [0.2, 0.25) is 0 Å². The maximum Gasteiger partial charge on any atom is 0.251 e. The molecule has 2 N–H and O–H groups in total. The van der Waals surface area contributed by atoms with E-state index in [-0.39, 0.29) is 24.5 Å². The van der Waals surface area contributed by atoms with Crippen molar-refractivity contribution in [1.29, 1.82) is 0 Å². The molecule has 3 nitrogen and oxygen atoms in total. The molecule has 0 aromatic heterocycles. The molecular formula is C13H18BrNO2. The van der Waals surface area contributed by atoms with Crippen molar-refractivity contribution in [1.82, 2.24) is 5.32 Å². The molecule has 0 radical (unpaired) electrons. The van der Waals surface area contributed by atoms with E-state index in [1.54, 1.807) is 6.07 Å². The van der Waals surface area contributed by atoms with E-state index in [2.05, 4.69) is 21.2 Å². The lowest BCUT2D eigenvalue weighted by Gasteiger charge is -2.20. The van der Waals surface area contributed by atoms with E-state index in [0.717, 1.165) is 10.0 Å². The molecule has 0 fully saturated rings. The number of nitrogens with one attached hydrogen (secondary N) is 1. The van der Waals surface area contributed by atoms with Crippen molar-refractivity contribution in [2.75, 3.05) is 6.61 Å². The Hall–Kier alpha value is -0.870. The molecule has 0 aliphatic carbocycles. The van der Waals surface area contributed by atoms with Crippen LogP contribution >= 0.6 is 15.9 Å². The second kappa shape index (κ2) is 6.17. The molecule has 0 aliphatic rings. The Balaban J connectivity index is 2.86. The van der Waals surface area contributed by atoms with Crippen molar-refractivity contribution in [3.63, 3.8) is 0 Å². The Kier molecular flexibility index (Phi) is 5.15. The average molecular weight is 300 g/mol. The Morgan fingerprint density at radius 3 is 2.65 bits per heavy atom. The number of aliphatic hydroxyl groups is 1. The summed E-state index contributed by atoms with van der Waals surface area (Å²) in [5, 5.41) is 12.0. The summed E-state index contributed by atoms with van der Waals surface area (Å²) in [4.78, 5) is 12.0. The second-order valence-corrected chi connectivity index (χ2v) is 5.27. The van der Waals surface area contributed by atoms with Gasteiger partial charge in [-0.1, -0.05) is 35.8 Å². The van der Waals surface area contributed by atoms with Crippen molar-refractivity contribution in [3.05, 3.63) is 33.8 Å². The van der Waals surface area contributed by atoms with Crippen molar-refractivity contribution >= 4 is 21.8 Å². The summed E-state index contributed by atoms with van der Waals surface area (Å²) in [7, 11) is 0. The van der Waals surface area contributed by atoms with Gasteiger partial charge in [-0.15, -0.1) is 0 Å². The van der Waals surface area contributed by atoms with Gasteiger partial charge in [0.05, 0.1) is 12.6 Å². The zero-order valence-corrected chi connectivity index (χ0v) is 11.9. The zero-order chi connectivity index (χ0) is 13.0. The third-order valence-corrected chi connectivity index (χ3v) is 3.69. The van der Waals surface area contributed by atoms with E-state index in [1.165, 1.54) is 0 Å². The maximum absolute atomic E-state index is 12.0. The number of halogens is 1. The van der Waals surface area contributed by atoms with Crippen LogP contribution in [0.4, 0.5) is 0 Å². The fourth-order valence-corrected chi connectivity index (χ4v) is 1.89. The summed E-state index contributed by atoms with van der Waals surface area (Å²) < 4.78 is 0.912. The molecule has 17 heavy (non-hydrogen) atoms. The molecule has 0 saturated heterocycles. The minimum atomic E-state index is -0.208. The van der Waals surface area contributed by atoms with Gasteiger partial charge >= 0.3 is 0 Å². The molecule has 4 heteroatoms. The first kappa shape index (κ1) is 14.2. The summed E-state index contributed by atoms with van der Waals surface area (Å²) in [5.74, 6) is 0.0629. The third kappa shape index (κ3) is 3.54. The molecule has 0 spiro atoms. The first-order valence-electron chi connectivity index (χ1n) is 5.64. The first-order chi connectivity index (χ1) is 7.97. The van der Waals surface area contributed by atoms with Crippen LogP contribution in [0.3, 0.4) is 0 Å². The SMILES string of the molecule is Cc1c(Br)cccc1C(=O)N[C@H](CO)C(C)C. The Labute approximate surface area is 110 Å². The van der Waals surface area contributed by atoms with E-state index in [9.17, 15) is 9.90 Å². The fraction of sp³-hybridized carbons (Fsp3) is 0.462. The van der Waals surface area contributed by atoms with Crippen LogP contribution in [-0.4, -0.2) is 23.7 Å². The van der Waals surface area contributed by atoms with Crippen molar-refractivity contribution < 1.29 is 9.90 Å². The van der Waals surface area contributed by atoms with Crippen LogP contribution in [0.1, 0.15) is 29.8 Å². The molecule has 1 aromatic rings. The number of rotatable bonds is 4. The number of hydrogen-bond donors (Lipinski definition) is 2. The molecule has 1 rings (SSSR count). The largest absolute Gasteiger partial charge is 0.394 e. The van der Waals surface area contributed by atoms with Gasteiger partial charge in [0.15, 0.2) is 0 Å². The van der Waals surface area contributed by atoms with Crippen LogP contribution in [-0.2, 0) is 0 Å². The molecule has 0 aliphatic heterocycles. The van der Waals surface area contributed by atoms with Gasteiger partial charge in [-0.25, -0.2) is 0 Å². The maximum atomic E-state index is 12.0. The van der Waals surface area contributed by atoms with E-state index in [1.807, 2.05) is 32.9 Å². The van der Waals surface area contributed by atoms with E-state index in [0.29, 0.717) is 5.56 Å². The van der Waals surface area contributed by atoms with Crippen LogP contribution < -0.4 is 5.32 Å². The number of carbonyl (C=O) groups excluding carboxylic acids is 1. The first-order valence-corrected chi connectivity index (χ1v) is 6.43. The molecule has 94 valence electrons. The predicted molar refractivity (Wildman–Crippen MR) is 72.1 cm³/mol. The average Bonchev–Trinajstić information content (AvgIpc) is 2.28. The molecule has 0 bridgehead atoms. The second-order valence-electron chi connectivity index (χ2n) is 4.42. The molecule has 0 unspecified atom stereocenters. The lowest BCUT2D eigenvalue weighted by Crippen LogP contribution is -2.41. The van der Waals surface area contributed by atoms with E-state index in [4.69, 9.17) is 0 Å². The van der Waals surface area contributed by atoms with Crippen LogP contribution in [0.15, 0.2) is 22.7 Å². The van der Waals surface area contributed by atoms with Gasteiger partial charge in [0.2, 0.25) is 0 Å². The summed E-state index contributed by atoms with van der Waals surface area (Å²) >= 11 is 3.40. The number of hydrogen-bond acceptors (Lipinski definition) is 2. The molecule has 1 aromatic carbocycles. The van der Waals surface area contributed by atoms with Crippen molar-refractivity contribution in [2.45, 2.75) is 26.8 Å². The molecule has 1 amide bonds. The summed E-state index contributed by atoms with van der Waals surface area (Å²) in [6, 6.07) is 5.30. The van der Waals surface area contributed by atoms with E-state index < -0.39 is 0 Å². The van der Waals surface area contributed by atoms with Gasteiger partial charge in [0.25, 0.3) is 5.91 Å². The molecule has 0 saturated carbocycles. The summed E-state index contributed by atoms with van der Waals surface area (Å²) in [6.45, 7) is 5.78. The van der Waals surface area contributed by atoms with Crippen LogP contribution in [0.5, 0.6) is 0 Å². The van der Waals surface area contributed by atoms with Crippen LogP contribution in [0, 0.1) is 12.8 Å². The monoisotopic (exact) mass is 299 g/mol. The molecule has 1 atom stereocenters. The van der Waals surface area contributed by atoms with Gasteiger partial charge in [-0.3, -0.25) is 4.79 Å². The minimum Gasteiger partial charge on any atom is -0.394 e. The normalized spacial score (nSPS) is 12.6.